The third-order valence-corrected chi connectivity index (χ3v) is 1.45. The predicted octanol–water partition coefficient (Wildman–Crippen LogP) is -0.261. The molecule has 0 atom stereocenters. The first-order valence-electron chi connectivity index (χ1n) is 4.17. The number of nitrogens with zero attached hydrogens (tertiary/aromatic N) is 2. The molecule has 1 amide bonds. The fourth-order valence-corrected chi connectivity index (χ4v) is 0.858. The average Bonchev–Trinajstić information content (AvgIpc) is 2.25. The highest BCUT2D eigenvalue weighted by atomic mass is 16.5. The lowest BCUT2D eigenvalue weighted by Gasteiger charge is -2.06. The van der Waals surface area contributed by atoms with Crippen LogP contribution in [0.2, 0.25) is 0 Å². The SMILES string of the molecule is CCNNC(=O)c1nccnc1OC. The van der Waals surface area contributed by atoms with E-state index < -0.39 is 0 Å². The topological polar surface area (TPSA) is 76.1 Å². The zero-order chi connectivity index (χ0) is 10.4. The second kappa shape index (κ2) is 5.13. The van der Waals surface area contributed by atoms with Crippen molar-refractivity contribution < 1.29 is 9.53 Å². The van der Waals surface area contributed by atoms with Crippen molar-refractivity contribution in [1.82, 2.24) is 20.8 Å². The van der Waals surface area contributed by atoms with Crippen LogP contribution in [0.15, 0.2) is 12.4 Å². The normalized spacial score (nSPS) is 9.57. The number of ether oxygens (including phenoxy) is 1. The number of aromatic nitrogens is 2. The van der Waals surface area contributed by atoms with Crippen molar-refractivity contribution in [2.45, 2.75) is 6.92 Å². The van der Waals surface area contributed by atoms with E-state index in [1.54, 1.807) is 0 Å². The third kappa shape index (κ3) is 2.40. The van der Waals surface area contributed by atoms with Crippen LogP contribution in [0.1, 0.15) is 17.4 Å². The molecule has 0 radical (unpaired) electrons. The van der Waals surface area contributed by atoms with Gasteiger partial charge >= 0.3 is 0 Å². The highest BCUT2D eigenvalue weighted by Crippen LogP contribution is 2.09. The van der Waals surface area contributed by atoms with E-state index in [0.29, 0.717) is 6.54 Å². The number of nitrogens with one attached hydrogen (secondary N) is 2. The van der Waals surface area contributed by atoms with Gasteiger partial charge in [-0.05, 0) is 0 Å². The molecule has 1 aromatic heterocycles. The molecule has 1 rings (SSSR count). The van der Waals surface area contributed by atoms with Gasteiger partial charge in [0.15, 0.2) is 5.69 Å². The van der Waals surface area contributed by atoms with E-state index in [0.717, 1.165) is 0 Å². The molecule has 2 N–H and O–H groups in total. The molecule has 1 heterocycles. The molecule has 1 aromatic rings. The second-order valence-electron chi connectivity index (χ2n) is 2.40. The minimum absolute atomic E-state index is 0.163. The summed E-state index contributed by atoms with van der Waals surface area (Å²) in [6, 6.07) is 0. The molecular formula is C8H12N4O2. The first-order valence-corrected chi connectivity index (χ1v) is 4.17. The van der Waals surface area contributed by atoms with Gasteiger partial charge in [-0.15, -0.1) is 0 Å². The molecule has 0 unspecified atom stereocenters. The number of rotatable bonds is 4. The lowest BCUT2D eigenvalue weighted by atomic mass is 10.4. The Morgan fingerprint density at radius 2 is 2.21 bits per heavy atom. The minimum atomic E-state index is -0.364. The predicted molar refractivity (Wildman–Crippen MR) is 49.7 cm³/mol. The fraction of sp³-hybridized carbons (Fsp3) is 0.375. The van der Waals surface area contributed by atoms with Gasteiger partial charge in [-0.1, -0.05) is 6.92 Å². The van der Waals surface area contributed by atoms with Crippen molar-refractivity contribution in [3.05, 3.63) is 18.1 Å². The molecule has 0 fully saturated rings. The van der Waals surface area contributed by atoms with Crippen molar-refractivity contribution in [1.29, 1.82) is 0 Å². The van der Waals surface area contributed by atoms with Crippen molar-refractivity contribution in [2.75, 3.05) is 13.7 Å². The van der Waals surface area contributed by atoms with Gasteiger partial charge in [0.2, 0.25) is 5.88 Å². The second-order valence-corrected chi connectivity index (χ2v) is 2.40. The highest BCUT2D eigenvalue weighted by molar-refractivity contribution is 5.93. The van der Waals surface area contributed by atoms with E-state index in [1.165, 1.54) is 19.5 Å². The molecule has 0 bridgehead atoms. The lowest BCUT2D eigenvalue weighted by molar-refractivity contribution is 0.0925. The number of carbonyl (C=O) groups excluding carboxylic acids is 1. The van der Waals surface area contributed by atoms with E-state index in [4.69, 9.17) is 4.74 Å². The molecular weight excluding hydrogens is 184 g/mol. The molecule has 6 heteroatoms. The minimum Gasteiger partial charge on any atom is -0.479 e. The summed E-state index contributed by atoms with van der Waals surface area (Å²) in [7, 11) is 1.44. The Morgan fingerprint density at radius 3 is 2.86 bits per heavy atom. The van der Waals surface area contributed by atoms with Crippen molar-refractivity contribution in [3.63, 3.8) is 0 Å². The maximum Gasteiger partial charge on any atom is 0.289 e. The van der Waals surface area contributed by atoms with Crippen LogP contribution < -0.4 is 15.6 Å². The van der Waals surface area contributed by atoms with E-state index in [2.05, 4.69) is 20.8 Å². The molecule has 76 valence electrons. The Kier molecular flexibility index (Phi) is 3.81. The molecule has 0 aliphatic carbocycles. The van der Waals surface area contributed by atoms with Gasteiger partial charge in [0.05, 0.1) is 7.11 Å². The molecule has 0 spiro atoms. The van der Waals surface area contributed by atoms with Crippen molar-refractivity contribution in [2.24, 2.45) is 0 Å². The Hall–Kier alpha value is -1.69. The summed E-state index contributed by atoms with van der Waals surface area (Å²) in [4.78, 5) is 19.1. The zero-order valence-corrected chi connectivity index (χ0v) is 8.07. The average molecular weight is 196 g/mol. The van der Waals surface area contributed by atoms with Crippen LogP contribution in [0.5, 0.6) is 5.88 Å². The molecule has 0 saturated heterocycles. The van der Waals surface area contributed by atoms with Crippen LogP contribution in [0.3, 0.4) is 0 Å². The number of methoxy groups -OCH3 is 1. The summed E-state index contributed by atoms with van der Waals surface area (Å²) in [5.41, 5.74) is 5.29. The van der Waals surface area contributed by atoms with Crippen LogP contribution in [-0.2, 0) is 0 Å². The van der Waals surface area contributed by atoms with E-state index >= 15 is 0 Å². The monoisotopic (exact) mass is 196 g/mol. The Morgan fingerprint density at radius 1 is 1.50 bits per heavy atom. The van der Waals surface area contributed by atoms with Crippen LogP contribution in [0, 0.1) is 0 Å². The highest BCUT2D eigenvalue weighted by Gasteiger charge is 2.13. The summed E-state index contributed by atoms with van der Waals surface area (Å²) in [5.74, 6) is -0.153. The first kappa shape index (κ1) is 10.4. The van der Waals surface area contributed by atoms with Gasteiger partial charge in [0.1, 0.15) is 0 Å². The first-order chi connectivity index (χ1) is 6.79. The van der Waals surface area contributed by atoms with Crippen LogP contribution in [0.25, 0.3) is 0 Å². The molecule has 0 aliphatic rings. The summed E-state index contributed by atoms with van der Waals surface area (Å²) in [6.07, 6.45) is 2.90. The fourth-order valence-electron chi connectivity index (χ4n) is 0.858. The smallest absolute Gasteiger partial charge is 0.289 e. The molecule has 6 nitrogen and oxygen atoms in total. The maximum atomic E-state index is 11.4. The third-order valence-electron chi connectivity index (χ3n) is 1.45. The maximum absolute atomic E-state index is 11.4. The standard InChI is InChI=1S/C8H12N4O2/c1-3-11-12-7(13)6-8(14-2)10-5-4-9-6/h4-5,11H,3H2,1-2H3,(H,12,13). The van der Waals surface area contributed by atoms with E-state index in [-0.39, 0.29) is 17.5 Å². The Bertz CT molecular complexity index is 316. The van der Waals surface area contributed by atoms with Gasteiger partial charge in [-0.25, -0.2) is 15.4 Å². The summed E-state index contributed by atoms with van der Waals surface area (Å²) < 4.78 is 4.88. The molecule has 14 heavy (non-hydrogen) atoms. The van der Waals surface area contributed by atoms with Crippen LogP contribution in [-0.4, -0.2) is 29.5 Å². The van der Waals surface area contributed by atoms with Crippen LogP contribution >= 0.6 is 0 Å². The van der Waals surface area contributed by atoms with Crippen molar-refractivity contribution in [3.8, 4) is 5.88 Å². The quantitative estimate of drug-likeness (QED) is 0.649. The Balaban J connectivity index is 2.78. The van der Waals surface area contributed by atoms with Crippen molar-refractivity contribution >= 4 is 5.91 Å². The summed E-state index contributed by atoms with van der Waals surface area (Å²) in [6.45, 7) is 2.50. The number of hydrogen-bond donors (Lipinski definition) is 2. The number of hydrazine groups is 1. The van der Waals surface area contributed by atoms with Gasteiger partial charge < -0.3 is 4.74 Å². The zero-order valence-electron chi connectivity index (χ0n) is 8.07. The van der Waals surface area contributed by atoms with Gasteiger partial charge in [-0.2, -0.15) is 0 Å². The van der Waals surface area contributed by atoms with Gasteiger partial charge in [0.25, 0.3) is 5.91 Å². The van der Waals surface area contributed by atoms with Crippen LogP contribution in [0.4, 0.5) is 0 Å². The van der Waals surface area contributed by atoms with E-state index in [9.17, 15) is 4.79 Å². The van der Waals surface area contributed by atoms with Gasteiger partial charge in [0, 0.05) is 18.9 Å². The largest absolute Gasteiger partial charge is 0.479 e. The number of hydrogen-bond acceptors (Lipinski definition) is 5. The summed E-state index contributed by atoms with van der Waals surface area (Å²) in [5, 5.41) is 0. The van der Waals surface area contributed by atoms with E-state index in [1.807, 2.05) is 6.92 Å². The molecule has 0 aliphatic heterocycles. The lowest BCUT2D eigenvalue weighted by Crippen LogP contribution is -2.37. The van der Waals surface area contributed by atoms with Gasteiger partial charge in [-0.3, -0.25) is 10.2 Å². The number of carbonyl (C=O) groups is 1. The molecule has 0 aromatic carbocycles. The summed E-state index contributed by atoms with van der Waals surface area (Å²) >= 11 is 0. The Labute approximate surface area is 81.7 Å². The molecule has 0 saturated carbocycles. The number of amides is 1.